The first kappa shape index (κ1) is 22.7. The zero-order chi connectivity index (χ0) is 21.3. The van der Waals surface area contributed by atoms with Gasteiger partial charge in [0.2, 0.25) is 10.0 Å². The van der Waals surface area contributed by atoms with Gasteiger partial charge in [0.15, 0.2) is 6.61 Å². The lowest BCUT2D eigenvalue weighted by atomic mass is 10.2. The molecule has 2 rings (SSSR count). The molecule has 2 aromatic carbocycles. The number of rotatable bonds is 11. The summed E-state index contributed by atoms with van der Waals surface area (Å²) >= 11 is 0. The van der Waals surface area contributed by atoms with Crippen LogP contribution in [0.25, 0.3) is 0 Å². The number of carbonyl (C=O) groups is 1. The third kappa shape index (κ3) is 7.04. The van der Waals surface area contributed by atoms with Crippen molar-refractivity contribution >= 4 is 15.9 Å². The first-order valence-corrected chi connectivity index (χ1v) is 10.4. The number of amides is 1. The summed E-state index contributed by atoms with van der Waals surface area (Å²) < 4.78 is 42.1. The predicted octanol–water partition coefficient (Wildman–Crippen LogP) is 1.66. The second-order valence-corrected chi connectivity index (χ2v) is 8.02. The third-order valence-electron chi connectivity index (χ3n) is 4.10. The van der Waals surface area contributed by atoms with E-state index < -0.39 is 10.0 Å². The average molecular weight is 423 g/mol. The van der Waals surface area contributed by atoms with E-state index in [1.54, 1.807) is 19.1 Å². The van der Waals surface area contributed by atoms with Crippen LogP contribution in [0.4, 0.5) is 0 Å². The molecule has 0 fully saturated rings. The van der Waals surface area contributed by atoms with Crippen molar-refractivity contribution in [1.82, 2.24) is 9.62 Å². The summed E-state index contributed by atoms with van der Waals surface area (Å²) in [6.07, 6.45) is 0. The Morgan fingerprint density at radius 2 is 1.62 bits per heavy atom. The first-order valence-electron chi connectivity index (χ1n) is 8.94. The zero-order valence-electron chi connectivity index (χ0n) is 16.8. The number of ether oxygens (including phenoxy) is 3. The number of likely N-dealkylation sites (N-methyl/N-ethyl adjacent to an activating group) is 1. The van der Waals surface area contributed by atoms with Crippen LogP contribution in [0.15, 0.2) is 53.4 Å². The molecule has 0 spiro atoms. The molecule has 0 saturated heterocycles. The Hall–Kier alpha value is -2.62. The van der Waals surface area contributed by atoms with Crippen molar-refractivity contribution in [3.63, 3.8) is 0 Å². The number of nitrogens with one attached hydrogen (secondary N) is 1. The molecule has 0 aliphatic rings. The Bertz CT molecular complexity index is 882. The number of benzene rings is 2. The Balaban J connectivity index is 1.86. The Morgan fingerprint density at radius 3 is 2.21 bits per heavy atom. The summed E-state index contributed by atoms with van der Waals surface area (Å²) in [5.74, 6) is 0.969. The fraction of sp³-hybridized carbons (Fsp3) is 0.350. The molecule has 0 aliphatic carbocycles. The quantitative estimate of drug-likeness (QED) is 0.554. The van der Waals surface area contributed by atoms with E-state index in [0.717, 1.165) is 11.3 Å². The third-order valence-corrected chi connectivity index (χ3v) is 5.58. The van der Waals surface area contributed by atoms with Crippen molar-refractivity contribution < 1.29 is 27.4 Å². The maximum absolute atomic E-state index is 12.3. The van der Waals surface area contributed by atoms with Crippen LogP contribution in [0.2, 0.25) is 0 Å². The molecule has 29 heavy (non-hydrogen) atoms. The Kier molecular flexibility index (Phi) is 8.44. The van der Waals surface area contributed by atoms with Crippen LogP contribution in [0.3, 0.4) is 0 Å². The molecule has 0 bridgehead atoms. The van der Waals surface area contributed by atoms with Gasteiger partial charge in [-0.1, -0.05) is 12.1 Å². The molecule has 1 amide bonds. The van der Waals surface area contributed by atoms with Gasteiger partial charge >= 0.3 is 0 Å². The van der Waals surface area contributed by atoms with E-state index in [-0.39, 0.29) is 30.6 Å². The van der Waals surface area contributed by atoms with Gasteiger partial charge in [0, 0.05) is 27.2 Å². The Labute approximate surface area is 171 Å². The molecule has 0 aliphatic heterocycles. The molecule has 0 unspecified atom stereocenters. The summed E-state index contributed by atoms with van der Waals surface area (Å²) in [5, 5.41) is 0. The van der Waals surface area contributed by atoms with Crippen LogP contribution in [0.1, 0.15) is 5.56 Å². The fourth-order valence-corrected chi connectivity index (χ4v) is 3.44. The van der Waals surface area contributed by atoms with E-state index in [4.69, 9.17) is 14.2 Å². The molecule has 0 heterocycles. The van der Waals surface area contributed by atoms with Crippen molar-refractivity contribution in [3.8, 4) is 11.5 Å². The van der Waals surface area contributed by atoms with Gasteiger partial charge in [-0.2, -0.15) is 0 Å². The summed E-state index contributed by atoms with van der Waals surface area (Å²) in [4.78, 5) is 13.9. The predicted molar refractivity (Wildman–Crippen MR) is 108 cm³/mol. The lowest BCUT2D eigenvalue weighted by Crippen LogP contribution is -2.31. The molecule has 0 aromatic heterocycles. The van der Waals surface area contributed by atoms with Gasteiger partial charge in [-0.15, -0.1) is 0 Å². The number of nitrogens with zero attached hydrogens (tertiary/aromatic N) is 1. The lowest BCUT2D eigenvalue weighted by molar-refractivity contribution is -0.132. The van der Waals surface area contributed by atoms with Crippen LogP contribution in [0.5, 0.6) is 11.5 Å². The molecular weight excluding hydrogens is 396 g/mol. The van der Waals surface area contributed by atoms with Gasteiger partial charge < -0.3 is 19.1 Å². The average Bonchev–Trinajstić information content (AvgIpc) is 2.73. The minimum atomic E-state index is -3.60. The van der Waals surface area contributed by atoms with Crippen LogP contribution < -0.4 is 14.2 Å². The van der Waals surface area contributed by atoms with Gasteiger partial charge in [0.05, 0.1) is 18.6 Å². The first-order chi connectivity index (χ1) is 13.9. The monoisotopic (exact) mass is 422 g/mol. The van der Waals surface area contributed by atoms with E-state index in [0.29, 0.717) is 12.3 Å². The lowest BCUT2D eigenvalue weighted by Gasteiger charge is -2.18. The Morgan fingerprint density at radius 1 is 1.00 bits per heavy atom. The van der Waals surface area contributed by atoms with Crippen LogP contribution in [-0.4, -0.2) is 60.3 Å². The van der Waals surface area contributed by atoms with Crippen LogP contribution >= 0.6 is 0 Å². The zero-order valence-corrected chi connectivity index (χ0v) is 17.6. The number of hydrogen-bond acceptors (Lipinski definition) is 6. The van der Waals surface area contributed by atoms with Crippen molar-refractivity contribution in [3.05, 3.63) is 54.1 Å². The number of methoxy groups -OCH3 is 2. The van der Waals surface area contributed by atoms with Gasteiger partial charge in [-0.3, -0.25) is 4.79 Å². The van der Waals surface area contributed by atoms with Crippen molar-refractivity contribution in [2.75, 3.05) is 41.0 Å². The van der Waals surface area contributed by atoms with Crippen molar-refractivity contribution in [1.29, 1.82) is 0 Å². The smallest absolute Gasteiger partial charge is 0.260 e. The van der Waals surface area contributed by atoms with Gasteiger partial charge in [0.25, 0.3) is 5.91 Å². The standard InChI is InChI=1S/C20H26N2O6S/c1-22(14-16-4-6-17(27-3)7-5-16)20(23)15-28-18-8-10-19(11-9-18)29(24,25)21-12-13-26-2/h4-11,21H,12-15H2,1-3H3. The highest BCUT2D eigenvalue weighted by Crippen LogP contribution is 2.16. The van der Waals surface area contributed by atoms with E-state index in [1.807, 2.05) is 24.3 Å². The molecule has 1 N–H and O–H groups in total. The molecule has 158 valence electrons. The van der Waals surface area contributed by atoms with Gasteiger partial charge in [0.1, 0.15) is 11.5 Å². The highest BCUT2D eigenvalue weighted by molar-refractivity contribution is 7.89. The van der Waals surface area contributed by atoms with E-state index in [1.165, 1.54) is 31.4 Å². The molecule has 0 atom stereocenters. The van der Waals surface area contributed by atoms with Crippen molar-refractivity contribution in [2.24, 2.45) is 0 Å². The molecular formula is C20H26N2O6S. The number of carbonyl (C=O) groups excluding carboxylic acids is 1. The normalized spacial score (nSPS) is 11.1. The maximum Gasteiger partial charge on any atom is 0.260 e. The number of sulfonamides is 1. The second kappa shape index (κ2) is 10.8. The molecule has 9 heteroatoms. The SMILES string of the molecule is COCCNS(=O)(=O)c1ccc(OCC(=O)N(C)Cc2ccc(OC)cc2)cc1. The topological polar surface area (TPSA) is 94.2 Å². The maximum atomic E-state index is 12.3. The minimum absolute atomic E-state index is 0.115. The summed E-state index contributed by atoms with van der Waals surface area (Å²) in [6.45, 7) is 0.764. The van der Waals surface area contributed by atoms with E-state index in [2.05, 4.69) is 4.72 Å². The molecule has 0 saturated carbocycles. The minimum Gasteiger partial charge on any atom is -0.497 e. The van der Waals surface area contributed by atoms with Gasteiger partial charge in [-0.25, -0.2) is 13.1 Å². The highest BCUT2D eigenvalue weighted by Gasteiger charge is 2.14. The van der Waals surface area contributed by atoms with E-state index >= 15 is 0 Å². The van der Waals surface area contributed by atoms with Crippen molar-refractivity contribution in [2.45, 2.75) is 11.4 Å². The highest BCUT2D eigenvalue weighted by atomic mass is 32.2. The summed E-state index contributed by atoms with van der Waals surface area (Å²) in [5.41, 5.74) is 0.970. The molecule has 0 radical (unpaired) electrons. The number of hydrogen-bond donors (Lipinski definition) is 1. The largest absolute Gasteiger partial charge is 0.497 e. The summed E-state index contributed by atoms with van der Waals surface area (Å²) in [7, 11) is 1.18. The van der Waals surface area contributed by atoms with Gasteiger partial charge in [-0.05, 0) is 42.0 Å². The van der Waals surface area contributed by atoms with Crippen LogP contribution in [-0.2, 0) is 26.1 Å². The second-order valence-electron chi connectivity index (χ2n) is 6.25. The molecule has 8 nitrogen and oxygen atoms in total. The summed E-state index contributed by atoms with van der Waals surface area (Å²) in [6, 6.07) is 13.3. The molecule has 2 aromatic rings. The van der Waals surface area contributed by atoms with E-state index in [9.17, 15) is 13.2 Å². The van der Waals surface area contributed by atoms with Crippen LogP contribution in [0, 0.1) is 0 Å². The fourth-order valence-electron chi connectivity index (χ4n) is 2.42.